The third-order valence-electron chi connectivity index (χ3n) is 3.73. The number of halogens is 1. The summed E-state index contributed by atoms with van der Waals surface area (Å²) in [6.07, 6.45) is 2.63. The van der Waals surface area contributed by atoms with E-state index < -0.39 is 14.9 Å². The van der Waals surface area contributed by atoms with Gasteiger partial charge >= 0.3 is 0 Å². The molecule has 0 amide bonds. The highest BCUT2D eigenvalue weighted by molar-refractivity contribution is 7.92. The number of benzene rings is 2. The lowest BCUT2D eigenvalue weighted by molar-refractivity contribution is -0.385. The van der Waals surface area contributed by atoms with E-state index in [0.717, 1.165) is 17.7 Å². The molecule has 0 radical (unpaired) electrons. The average molecular weight is 405 g/mol. The van der Waals surface area contributed by atoms with E-state index in [0.29, 0.717) is 5.82 Å². The Morgan fingerprint density at radius 2 is 1.74 bits per heavy atom. The maximum absolute atomic E-state index is 12.5. The summed E-state index contributed by atoms with van der Waals surface area (Å²) in [6.45, 7) is 1.44. The fourth-order valence-corrected chi connectivity index (χ4v) is 3.67. The monoisotopic (exact) mass is 404 g/mol. The van der Waals surface area contributed by atoms with Gasteiger partial charge in [0.2, 0.25) is 0 Å². The number of nitrogens with one attached hydrogen (secondary N) is 1. The number of nitro groups is 1. The van der Waals surface area contributed by atoms with Gasteiger partial charge in [0.15, 0.2) is 5.82 Å². The smallest absolute Gasteiger partial charge is 0.275 e. The van der Waals surface area contributed by atoms with Gasteiger partial charge in [0.05, 0.1) is 32.9 Å². The molecule has 138 valence electrons. The van der Waals surface area contributed by atoms with Crippen molar-refractivity contribution >= 4 is 33.0 Å². The van der Waals surface area contributed by atoms with Crippen LogP contribution in [0.15, 0.2) is 59.8 Å². The Morgan fingerprint density at radius 1 is 1.11 bits per heavy atom. The average Bonchev–Trinajstić information content (AvgIpc) is 2.64. The lowest BCUT2D eigenvalue weighted by Gasteiger charge is -2.09. The Morgan fingerprint density at radius 3 is 2.33 bits per heavy atom. The molecule has 0 aliphatic rings. The third kappa shape index (κ3) is 4.04. The SMILES string of the molecule is Cc1c(Cl)cc(S(=O)(=O)Nc2cnc(-c3ccccc3)nc2)cc1[N+](=O)[O-]. The topological polar surface area (TPSA) is 115 Å². The molecular formula is C17H13ClN4O4S. The second kappa shape index (κ2) is 7.29. The van der Waals surface area contributed by atoms with Crippen LogP contribution in [0.5, 0.6) is 0 Å². The largest absolute Gasteiger partial charge is 0.276 e. The zero-order valence-corrected chi connectivity index (χ0v) is 15.5. The number of nitrogens with zero attached hydrogens (tertiary/aromatic N) is 3. The zero-order valence-electron chi connectivity index (χ0n) is 14.0. The van der Waals surface area contributed by atoms with E-state index in [4.69, 9.17) is 11.6 Å². The van der Waals surface area contributed by atoms with Crippen molar-refractivity contribution in [3.05, 3.63) is 75.6 Å². The Labute approximate surface area is 160 Å². The van der Waals surface area contributed by atoms with Gasteiger partial charge in [0.25, 0.3) is 15.7 Å². The van der Waals surface area contributed by atoms with Crippen LogP contribution in [0.3, 0.4) is 0 Å². The van der Waals surface area contributed by atoms with Crippen molar-refractivity contribution < 1.29 is 13.3 Å². The maximum atomic E-state index is 12.5. The fraction of sp³-hybridized carbons (Fsp3) is 0.0588. The van der Waals surface area contributed by atoms with Crippen molar-refractivity contribution in [2.75, 3.05) is 4.72 Å². The lowest BCUT2D eigenvalue weighted by Crippen LogP contribution is -2.14. The first-order chi connectivity index (χ1) is 12.8. The Kier molecular flexibility index (Phi) is 5.06. The second-order valence-electron chi connectivity index (χ2n) is 5.57. The summed E-state index contributed by atoms with van der Waals surface area (Å²) in [6, 6.07) is 11.3. The highest BCUT2D eigenvalue weighted by atomic mass is 35.5. The zero-order chi connectivity index (χ0) is 19.6. The van der Waals surface area contributed by atoms with E-state index in [1.807, 2.05) is 30.3 Å². The molecule has 0 saturated heterocycles. The molecule has 1 heterocycles. The lowest BCUT2D eigenvalue weighted by atomic mass is 10.2. The fourth-order valence-electron chi connectivity index (χ4n) is 2.32. The molecule has 1 aromatic heterocycles. The number of rotatable bonds is 5. The molecule has 0 unspecified atom stereocenters. The molecule has 0 bridgehead atoms. The van der Waals surface area contributed by atoms with Crippen molar-refractivity contribution in [1.82, 2.24) is 9.97 Å². The van der Waals surface area contributed by atoms with Gasteiger partial charge in [-0.25, -0.2) is 18.4 Å². The molecule has 0 saturated carbocycles. The van der Waals surface area contributed by atoms with Crippen LogP contribution < -0.4 is 4.72 Å². The summed E-state index contributed by atoms with van der Waals surface area (Å²) in [5.41, 5.74) is 0.719. The molecule has 3 rings (SSSR count). The predicted molar refractivity (Wildman–Crippen MR) is 101 cm³/mol. The Balaban J connectivity index is 1.90. The first-order valence-corrected chi connectivity index (χ1v) is 9.49. The summed E-state index contributed by atoms with van der Waals surface area (Å²) in [4.78, 5) is 18.4. The first-order valence-electron chi connectivity index (χ1n) is 7.63. The summed E-state index contributed by atoms with van der Waals surface area (Å²) in [7, 11) is -4.10. The molecule has 0 spiro atoms. The highest BCUT2D eigenvalue weighted by Crippen LogP contribution is 2.30. The number of nitro benzene ring substituents is 1. The Bertz CT molecular complexity index is 1100. The number of hydrogen-bond donors (Lipinski definition) is 1. The van der Waals surface area contributed by atoms with Gasteiger partial charge in [-0.3, -0.25) is 14.8 Å². The molecule has 10 heteroatoms. The number of sulfonamides is 1. The van der Waals surface area contributed by atoms with Gasteiger partial charge in [0.1, 0.15) is 0 Å². The van der Waals surface area contributed by atoms with Gasteiger partial charge in [-0.15, -0.1) is 0 Å². The van der Waals surface area contributed by atoms with E-state index in [-0.39, 0.29) is 26.9 Å². The summed E-state index contributed by atoms with van der Waals surface area (Å²) in [5, 5.41) is 11.1. The molecule has 0 aliphatic carbocycles. The van der Waals surface area contributed by atoms with Crippen LogP contribution in [0.4, 0.5) is 11.4 Å². The summed E-state index contributed by atoms with van der Waals surface area (Å²) >= 11 is 5.94. The normalized spacial score (nSPS) is 11.2. The number of anilines is 1. The van der Waals surface area contributed by atoms with Gasteiger partial charge in [-0.05, 0) is 13.0 Å². The van der Waals surface area contributed by atoms with Crippen LogP contribution in [-0.2, 0) is 10.0 Å². The minimum absolute atomic E-state index is 0.0137. The van der Waals surface area contributed by atoms with Crippen molar-refractivity contribution in [2.45, 2.75) is 11.8 Å². The quantitative estimate of drug-likeness (QED) is 0.510. The molecule has 2 aromatic carbocycles. The minimum Gasteiger partial charge on any atom is -0.276 e. The van der Waals surface area contributed by atoms with Gasteiger partial charge in [0, 0.05) is 17.2 Å². The van der Waals surface area contributed by atoms with Crippen LogP contribution >= 0.6 is 11.6 Å². The number of aromatic nitrogens is 2. The van der Waals surface area contributed by atoms with Gasteiger partial charge in [-0.1, -0.05) is 41.9 Å². The van der Waals surface area contributed by atoms with Crippen LogP contribution in [0.25, 0.3) is 11.4 Å². The minimum atomic E-state index is -4.10. The summed E-state index contributed by atoms with van der Waals surface area (Å²) in [5.74, 6) is 0.438. The molecule has 27 heavy (non-hydrogen) atoms. The molecule has 1 N–H and O–H groups in total. The van der Waals surface area contributed by atoms with E-state index >= 15 is 0 Å². The molecule has 3 aromatic rings. The van der Waals surface area contributed by atoms with Crippen LogP contribution in [-0.4, -0.2) is 23.3 Å². The van der Waals surface area contributed by atoms with Crippen LogP contribution in [0, 0.1) is 17.0 Å². The molecule has 8 nitrogen and oxygen atoms in total. The highest BCUT2D eigenvalue weighted by Gasteiger charge is 2.22. The number of hydrogen-bond acceptors (Lipinski definition) is 6. The van der Waals surface area contributed by atoms with E-state index in [9.17, 15) is 18.5 Å². The van der Waals surface area contributed by atoms with E-state index in [1.54, 1.807) is 0 Å². The second-order valence-corrected chi connectivity index (χ2v) is 7.66. The molecule has 0 atom stereocenters. The van der Waals surface area contributed by atoms with Gasteiger partial charge < -0.3 is 0 Å². The van der Waals surface area contributed by atoms with Gasteiger partial charge in [-0.2, -0.15) is 0 Å². The molecular weight excluding hydrogens is 392 g/mol. The van der Waals surface area contributed by atoms with E-state index in [1.165, 1.54) is 19.3 Å². The third-order valence-corrected chi connectivity index (χ3v) is 5.49. The standard InChI is InChI=1S/C17H13ClN4O4S/c1-11-15(18)7-14(8-16(11)22(23)24)27(25,26)21-13-9-19-17(20-10-13)12-5-3-2-4-6-12/h2-10,21H,1H3. The van der Waals surface area contributed by atoms with Crippen molar-refractivity contribution in [2.24, 2.45) is 0 Å². The van der Waals surface area contributed by atoms with Crippen molar-refractivity contribution in [3.63, 3.8) is 0 Å². The summed E-state index contributed by atoms with van der Waals surface area (Å²) < 4.78 is 27.4. The van der Waals surface area contributed by atoms with Crippen molar-refractivity contribution in [1.29, 1.82) is 0 Å². The predicted octanol–water partition coefficient (Wildman–Crippen LogP) is 3.81. The maximum Gasteiger partial charge on any atom is 0.275 e. The van der Waals surface area contributed by atoms with Crippen LogP contribution in [0.1, 0.15) is 5.56 Å². The first kappa shape index (κ1) is 18.7. The van der Waals surface area contributed by atoms with Crippen molar-refractivity contribution in [3.8, 4) is 11.4 Å². The van der Waals surface area contributed by atoms with Crippen LogP contribution in [0.2, 0.25) is 5.02 Å². The Hall–Kier alpha value is -3.04. The molecule has 0 fully saturated rings. The van der Waals surface area contributed by atoms with E-state index in [2.05, 4.69) is 14.7 Å². The molecule has 0 aliphatic heterocycles.